The van der Waals surface area contributed by atoms with Gasteiger partial charge in [-0.05, 0) is 36.6 Å². The third-order valence-corrected chi connectivity index (χ3v) is 4.90. The Morgan fingerprint density at radius 2 is 1.68 bits per heavy atom. The molecule has 0 bridgehead atoms. The number of hydrogen-bond acceptors (Lipinski definition) is 4. The maximum Gasteiger partial charge on any atom is 0.222 e. The number of hydrogen-bond donors (Lipinski definition) is 1. The molecule has 0 radical (unpaired) electrons. The molecule has 1 aromatic heterocycles. The van der Waals surface area contributed by atoms with Crippen LogP contribution in [-0.2, 0) is 0 Å². The highest BCUT2D eigenvalue weighted by Crippen LogP contribution is 2.37. The average Bonchev–Trinajstić information content (AvgIpc) is 3.10. The van der Waals surface area contributed by atoms with Gasteiger partial charge in [-0.2, -0.15) is 10.1 Å². The Morgan fingerprint density at radius 1 is 1.00 bits per heavy atom. The molecule has 1 aliphatic heterocycles. The summed E-state index contributed by atoms with van der Waals surface area (Å²) < 4.78 is 2.00. The van der Waals surface area contributed by atoms with Gasteiger partial charge in [-0.1, -0.05) is 42.0 Å². The van der Waals surface area contributed by atoms with Crippen molar-refractivity contribution in [2.75, 3.05) is 24.3 Å². The van der Waals surface area contributed by atoms with Crippen LogP contribution >= 0.6 is 0 Å². The van der Waals surface area contributed by atoms with E-state index in [0.717, 1.165) is 12.4 Å². The number of anilines is 2. The zero-order valence-corrected chi connectivity index (χ0v) is 14.8. The first-order valence-electron chi connectivity index (χ1n) is 8.62. The van der Waals surface area contributed by atoms with E-state index >= 15 is 0 Å². The van der Waals surface area contributed by atoms with Crippen LogP contribution in [0.1, 0.15) is 35.2 Å². The lowest BCUT2D eigenvalue weighted by atomic mass is 9.93. The summed E-state index contributed by atoms with van der Waals surface area (Å²) in [5.74, 6) is 0.832. The molecule has 2 heterocycles. The summed E-state index contributed by atoms with van der Waals surface area (Å²) in [6.45, 7) is 2.11. The molecule has 0 fully saturated rings. The summed E-state index contributed by atoms with van der Waals surface area (Å²) in [5.41, 5.74) is 5.02. The SMILES string of the molecule is Cc1ccc([C@H]2C[C@H](c3ccc(N(C)C)cc3)n3ncnc3N2)cc1. The Bertz CT molecular complexity index is 849. The molecule has 1 N–H and O–H groups in total. The third kappa shape index (κ3) is 2.97. The van der Waals surface area contributed by atoms with E-state index in [-0.39, 0.29) is 12.1 Å². The van der Waals surface area contributed by atoms with Crippen LogP contribution in [0.2, 0.25) is 0 Å². The summed E-state index contributed by atoms with van der Waals surface area (Å²) in [4.78, 5) is 6.52. The van der Waals surface area contributed by atoms with E-state index in [1.54, 1.807) is 6.33 Å². The van der Waals surface area contributed by atoms with Crippen molar-refractivity contribution >= 4 is 11.6 Å². The molecule has 2 aromatic carbocycles. The Kier molecular flexibility index (Phi) is 3.92. The van der Waals surface area contributed by atoms with Gasteiger partial charge in [0.05, 0.1) is 12.1 Å². The maximum atomic E-state index is 4.45. The van der Waals surface area contributed by atoms with Crippen molar-refractivity contribution in [3.8, 4) is 0 Å². The summed E-state index contributed by atoms with van der Waals surface area (Å²) >= 11 is 0. The van der Waals surface area contributed by atoms with Gasteiger partial charge >= 0.3 is 0 Å². The van der Waals surface area contributed by atoms with E-state index in [4.69, 9.17) is 0 Å². The monoisotopic (exact) mass is 333 g/mol. The summed E-state index contributed by atoms with van der Waals surface area (Å²) in [6.07, 6.45) is 2.57. The fraction of sp³-hybridized carbons (Fsp3) is 0.300. The number of nitrogens with one attached hydrogen (secondary N) is 1. The van der Waals surface area contributed by atoms with E-state index in [1.165, 1.54) is 22.4 Å². The molecular weight excluding hydrogens is 310 g/mol. The zero-order valence-electron chi connectivity index (χ0n) is 14.8. The number of aryl methyl sites for hydroxylation is 1. The largest absolute Gasteiger partial charge is 0.378 e. The lowest BCUT2D eigenvalue weighted by Gasteiger charge is -2.32. The van der Waals surface area contributed by atoms with Gasteiger partial charge in [0, 0.05) is 19.8 Å². The minimum Gasteiger partial charge on any atom is -0.378 e. The lowest BCUT2D eigenvalue weighted by Crippen LogP contribution is -2.28. The van der Waals surface area contributed by atoms with Gasteiger partial charge < -0.3 is 10.2 Å². The van der Waals surface area contributed by atoms with Crippen molar-refractivity contribution in [3.63, 3.8) is 0 Å². The van der Waals surface area contributed by atoms with Crippen LogP contribution in [0.4, 0.5) is 11.6 Å². The molecular formula is C20H23N5. The highest BCUT2D eigenvalue weighted by atomic mass is 15.4. The van der Waals surface area contributed by atoms with Crippen molar-refractivity contribution in [3.05, 3.63) is 71.5 Å². The van der Waals surface area contributed by atoms with Crippen LogP contribution in [0.5, 0.6) is 0 Å². The molecule has 0 spiro atoms. The maximum absolute atomic E-state index is 4.45. The second-order valence-corrected chi connectivity index (χ2v) is 6.87. The molecule has 0 unspecified atom stereocenters. The highest BCUT2D eigenvalue weighted by Gasteiger charge is 2.29. The normalized spacial score (nSPS) is 19.2. The van der Waals surface area contributed by atoms with E-state index in [9.17, 15) is 0 Å². The Labute approximate surface area is 148 Å². The van der Waals surface area contributed by atoms with E-state index in [0.29, 0.717) is 0 Å². The molecule has 0 aliphatic carbocycles. The summed E-state index contributed by atoms with van der Waals surface area (Å²) in [7, 11) is 4.12. The number of rotatable bonds is 3. The number of aromatic nitrogens is 3. The van der Waals surface area contributed by atoms with Crippen molar-refractivity contribution in [1.29, 1.82) is 0 Å². The lowest BCUT2D eigenvalue weighted by molar-refractivity contribution is 0.431. The van der Waals surface area contributed by atoms with Crippen molar-refractivity contribution in [1.82, 2.24) is 14.8 Å². The molecule has 1 aliphatic rings. The topological polar surface area (TPSA) is 46.0 Å². The van der Waals surface area contributed by atoms with Crippen molar-refractivity contribution < 1.29 is 0 Å². The van der Waals surface area contributed by atoms with Crippen LogP contribution in [0.25, 0.3) is 0 Å². The molecule has 3 aromatic rings. The number of benzene rings is 2. The molecule has 4 rings (SSSR count). The molecule has 0 saturated heterocycles. The van der Waals surface area contributed by atoms with Crippen LogP contribution in [0.15, 0.2) is 54.9 Å². The van der Waals surface area contributed by atoms with Gasteiger partial charge in [0.15, 0.2) is 0 Å². The van der Waals surface area contributed by atoms with Crippen LogP contribution < -0.4 is 10.2 Å². The van der Waals surface area contributed by atoms with Crippen LogP contribution in [-0.4, -0.2) is 28.9 Å². The molecule has 5 heteroatoms. The van der Waals surface area contributed by atoms with Gasteiger partial charge in [0.2, 0.25) is 5.95 Å². The molecule has 5 nitrogen and oxygen atoms in total. The van der Waals surface area contributed by atoms with Crippen molar-refractivity contribution in [2.24, 2.45) is 0 Å². The Hall–Kier alpha value is -2.82. The Balaban J connectivity index is 1.68. The van der Waals surface area contributed by atoms with Gasteiger partial charge in [0.25, 0.3) is 0 Å². The van der Waals surface area contributed by atoms with Gasteiger partial charge in [0.1, 0.15) is 6.33 Å². The fourth-order valence-corrected chi connectivity index (χ4v) is 3.41. The third-order valence-electron chi connectivity index (χ3n) is 4.90. The minimum absolute atomic E-state index is 0.182. The predicted octanol–water partition coefficient (Wildman–Crippen LogP) is 3.80. The highest BCUT2D eigenvalue weighted by molar-refractivity contribution is 5.47. The smallest absolute Gasteiger partial charge is 0.222 e. The first kappa shape index (κ1) is 15.7. The van der Waals surface area contributed by atoms with E-state index in [2.05, 4.69) is 89.8 Å². The molecule has 2 atom stereocenters. The number of nitrogens with zero attached hydrogens (tertiary/aromatic N) is 4. The van der Waals surface area contributed by atoms with Gasteiger partial charge in [-0.3, -0.25) is 0 Å². The standard InChI is InChI=1S/C20H23N5/c1-14-4-6-15(7-5-14)18-12-19(25-20(23-18)21-13-22-25)16-8-10-17(11-9-16)24(2)3/h4-11,13,18-19H,12H2,1-3H3,(H,21,22,23)/t18-,19-/m1/s1. The minimum atomic E-state index is 0.182. The van der Waals surface area contributed by atoms with E-state index < -0.39 is 0 Å². The number of fused-ring (bicyclic) bond motifs is 1. The van der Waals surface area contributed by atoms with Crippen LogP contribution in [0.3, 0.4) is 0 Å². The second kappa shape index (κ2) is 6.24. The van der Waals surface area contributed by atoms with Crippen molar-refractivity contribution in [2.45, 2.75) is 25.4 Å². The molecule has 25 heavy (non-hydrogen) atoms. The zero-order chi connectivity index (χ0) is 17.4. The average molecular weight is 333 g/mol. The van der Waals surface area contributed by atoms with Gasteiger partial charge in [-0.15, -0.1) is 0 Å². The fourth-order valence-electron chi connectivity index (χ4n) is 3.41. The molecule has 128 valence electrons. The second-order valence-electron chi connectivity index (χ2n) is 6.87. The predicted molar refractivity (Wildman–Crippen MR) is 101 cm³/mol. The quantitative estimate of drug-likeness (QED) is 0.792. The first-order chi connectivity index (χ1) is 12.1. The van der Waals surface area contributed by atoms with Crippen LogP contribution in [0, 0.1) is 6.92 Å². The molecule has 0 amide bonds. The first-order valence-corrected chi connectivity index (χ1v) is 8.62. The molecule has 0 saturated carbocycles. The Morgan fingerprint density at radius 3 is 2.36 bits per heavy atom. The summed E-state index contributed by atoms with van der Waals surface area (Å²) in [5, 5.41) is 7.97. The summed E-state index contributed by atoms with van der Waals surface area (Å²) in [6, 6.07) is 17.9. The van der Waals surface area contributed by atoms with E-state index in [1.807, 2.05) is 4.68 Å². The van der Waals surface area contributed by atoms with Gasteiger partial charge in [-0.25, -0.2) is 4.68 Å².